The fourth-order valence-corrected chi connectivity index (χ4v) is 3.37. The second-order valence-corrected chi connectivity index (χ2v) is 8.29. The Morgan fingerprint density at radius 3 is 2.29 bits per heavy atom. The first-order valence-electron chi connectivity index (χ1n) is 9.79. The SMILES string of the molecule is COc1cncc(OC2CCC(NC(=O)c3ccc(C(C)(C)C)cc3)CC2)n1. The van der Waals surface area contributed by atoms with Crippen molar-refractivity contribution in [2.24, 2.45) is 0 Å². The lowest BCUT2D eigenvalue weighted by atomic mass is 9.86. The van der Waals surface area contributed by atoms with Crippen LogP contribution in [0.25, 0.3) is 0 Å². The minimum Gasteiger partial charge on any atom is -0.480 e. The largest absolute Gasteiger partial charge is 0.480 e. The second-order valence-electron chi connectivity index (χ2n) is 8.29. The molecule has 6 nitrogen and oxygen atoms in total. The predicted molar refractivity (Wildman–Crippen MR) is 108 cm³/mol. The van der Waals surface area contributed by atoms with Gasteiger partial charge in [0.25, 0.3) is 5.91 Å². The van der Waals surface area contributed by atoms with Gasteiger partial charge in [-0.15, -0.1) is 0 Å². The number of ether oxygens (including phenoxy) is 2. The average molecular weight is 383 g/mol. The third-order valence-corrected chi connectivity index (χ3v) is 5.11. The monoisotopic (exact) mass is 383 g/mol. The van der Waals surface area contributed by atoms with Crippen LogP contribution < -0.4 is 14.8 Å². The van der Waals surface area contributed by atoms with E-state index in [4.69, 9.17) is 9.47 Å². The van der Waals surface area contributed by atoms with Crippen molar-refractivity contribution in [2.45, 2.75) is 64.0 Å². The van der Waals surface area contributed by atoms with Crippen molar-refractivity contribution in [1.82, 2.24) is 15.3 Å². The van der Waals surface area contributed by atoms with Gasteiger partial charge in [-0.25, -0.2) is 0 Å². The van der Waals surface area contributed by atoms with Crippen LogP contribution in [0.5, 0.6) is 11.8 Å². The van der Waals surface area contributed by atoms with E-state index in [-0.39, 0.29) is 23.5 Å². The third-order valence-electron chi connectivity index (χ3n) is 5.11. The van der Waals surface area contributed by atoms with Gasteiger partial charge >= 0.3 is 0 Å². The van der Waals surface area contributed by atoms with E-state index in [0.717, 1.165) is 25.7 Å². The molecule has 1 aromatic heterocycles. The normalized spacial score (nSPS) is 19.7. The van der Waals surface area contributed by atoms with Crippen LogP contribution in [0.1, 0.15) is 62.4 Å². The zero-order valence-corrected chi connectivity index (χ0v) is 17.1. The maximum atomic E-state index is 12.5. The zero-order valence-electron chi connectivity index (χ0n) is 17.1. The van der Waals surface area contributed by atoms with Crippen LogP contribution in [0.4, 0.5) is 0 Å². The lowest BCUT2D eigenvalue weighted by Crippen LogP contribution is -2.39. The number of carbonyl (C=O) groups excluding carboxylic acids is 1. The summed E-state index contributed by atoms with van der Waals surface area (Å²) in [4.78, 5) is 20.8. The van der Waals surface area contributed by atoms with Gasteiger partial charge in [0.2, 0.25) is 11.8 Å². The first-order chi connectivity index (χ1) is 13.3. The molecule has 2 aromatic rings. The Morgan fingerprint density at radius 2 is 1.68 bits per heavy atom. The summed E-state index contributed by atoms with van der Waals surface area (Å²) < 4.78 is 11.0. The molecule has 0 radical (unpaired) electrons. The molecular weight excluding hydrogens is 354 g/mol. The summed E-state index contributed by atoms with van der Waals surface area (Å²) in [5.41, 5.74) is 2.01. The zero-order chi connectivity index (χ0) is 20.1. The van der Waals surface area contributed by atoms with Crippen molar-refractivity contribution in [2.75, 3.05) is 7.11 Å². The van der Waals surface area contributed by atoms with E-state index in [9.17, 15) is 4.79 Å². The van der Waals surface area contributed by atoms with Gasteiger partial charge in [0.15, 0.2) is 0 Å². The third kappa shape index (κ3) is 5.21. The van der Waals surface area contributed by atoms with E-state index in [1.807, 2.05) is 24.3 Å². The fourth-order valence-electron chi connectivity index (χ4n) is 3.37. The van der Waals surface area contributed by atoms with Crippen molar-refractivity contribution in [3.63, 3.8) is 0 Å². The van der Waals surface area contributed by atoms with Crippen LogP contribution in [0.3, 0.4) is 0 Å². The number of methoxy groups -OCH3 is 1. The van der Waals surface area contributed by atoms with Crippen LogP contribution in [0.15, 0.2) is 36.7 Å². The lowest BCUT2D eigenvalue weighted by molar-refractivity contribution is 0.0889. The Balaban J connectivity index is 1.49. The minimum atomic E-state index is -0.0107. The van der Waals surface area contributed by atoms with E-state index in [1.54, 1.807) is 19.5 Å². The van der Waals surface area contributed by atoms with E-state index >= 15 is 0 Å². The average Bonchev–Trinajstić information content (AvgIpc) is 2.69. The predicted octanol–water partition coefficient (Wildman–Crippen LogP) is 3.90. The van der Waals surface area contributed by atoms with Crippen LogP contribution in [0, 0.1) is 0 Å². The molecule has 1 aromatic carbocycles. The standard InChI is InChI=1S/C22H29N3O3/c1-22(2,3)16-7-5-15(6-8-16)21(26)24-17-9-11-18(12-10-17)28-20-14-23-13-19(25-20)27-4/h5-8,13-14,17-18H,9-12H2,1-4H3,(H,24,26). The molecular formula is C22H29N3O3. The summed E-state index contributed by atoms with van der Waals surface area (Å²) in [5, 5.41) is 3.15. The molecule has 0 spiro atoms. The quantitative estimate of drug-likeness (QED) is 0.848. The molecule has 1 fully saturated rings. The fraction of sp³-hybridized carbons (Fsp3) is 0.500. The van der Waals surface area contributed by atoms with E-state index < -0.39 is 0 Å². The summed E-state index contributed by atoms with van der Waals surface area (Å²) >= 11 is 0. The number of benzene rings is 1. The molecule has 1 heterocycles. The molecule has 0 bridgehead atoms. The Morgan fingerprint density at radius 1 is 1.04 bits per heavy atom. The number of aromatic nitrogens is 2. The van der Waals surface area contributed by atoms with Gasteiger partial charge < -0.3 is 14.8 Å². The van der Waals surface area contributed by atoms with Crippen molar-refractivity contribution >= 4 is 5.91 Å². The second kappa shape index (κ2) is 8.59. The summed E-state index contributed by atoms with van der Waals surface area (Å²) in [6, 6.07) is 8.06. The van der Waals surface area contributed by atoms with Crippen LogP contribution in [-0.4, -0.2) is 35.1 Å². The molecule has 3 rings (SSSR count). The molecule has 0 saturated heterocycles. The molecule has 1 aliphatic rings. The van der Waals surface area contributed by atoms with Crippen LogP contribution in [-0.2, 0) is 5.41 Å². The number of nitrogens with zero attached hydrogens (tertiary/aromatic N) is 2. The van der Waals surface area contributed by atoms with Crippen LogP contribution >= 0.6 is 0 Å². The highest BCUT2D eigenvalue weighted by Crippen LogP contribution is 2.25. The summed E-state index contributed by atoms with van der Waals surface area (Å²) in [7, 11) is 1.55. The topological polar surface area (TPSA) is 73.3 Å². The number of hydrogen-bond donors (Lipinski definition) is 1. The number of hydrogen-bond acceptors (Lipinski definition) is 5. The van der Waals surface area contributed by atoms with E-state index in [2.05, 4.69) is 36.1 Å². The van der Waals surface area contributed by atoms with E-state index in [1.165, 1.54) is 5.56 Å². The van der Waals surface area contributed by atoms with E-state index in [0.29, 0.717) is 17.3 Å². The van der Waals surface area contributed by atoms with Crippen molar-refractivity contribution in [3.8, 4) is 11.8 Å². The van der Waals surface area contributed by atoms with Gasteiger partial charge in [-0.05, 0) is 48.8 Å². The highest BCUT2D eigenvalue weighted by molar-refractivity contribution is 5.94. The Kier molecular flexibility index (Phi) is 6.17. The first kappa shape index (κ1) is 20.1. The van der Waals surface area contributed by atoms with Crippen molar-refractivity contribution in [1.29, 1.82) is 0 Å². The number of rotatable bonds is 5. The van der Waals surface area contributed by atoms with Crippen LogP contribution in [0.2, 0.25) is 0 Å². The first-order valence-corrected chi connectivity index (χ1v) is 9.79. The summed E-state index contributed by atoms with van der Waals surface area (Å²) in [6.45, 7) is 6.50. The van der Waals surface area contributed by atoms with Gasteiger partial charge in [0.1, 0.15) is 6.10 Å². The number of amides is 1. The molecule has 0 aliphatic heterocycles. The molecule has 1 amide bonds. The summed E-state index contributed by atoms with van der Waals surface area (Å²) in [5.74, 6) is 0.908. The maximum absolute atomic E-state index is 12.5. The van der Waals surface area contributed by atoms with Gasteiger partial charge in [-0.1, -0.05) is 32.9 Å². The van der Waals surface area contributed by atoms with Gasteiger partial charge in [0.05, 0.1) is 19.5 Å². The molecule has 150 valence electrons. The molecule has 1 aliphatic carbocycles. The number of carbonyl (C=O) groups is 1. The molecule has 0 atom stereocenters. The van der Waals surface area contributed by atoms with Gasteiger partial charge in [-0.2, -0.15) is 4.98 Å². The molecule has 1 N–H and O–H groups in total. The summed E-state index contributed by atoms with van der Waals surface area (Å²) in [6.07, 6.45) is 6.73. The highest BCUT2D eigenvalue weighted by atomic mass is 16.5. The lowest BCUT2D eigenvalue weighted by Gasteiger charge is -2.29. The molecule has 0 unspecified atom stereocenters. The van der Waals surface area contributed by atoms with Gasteiger partial charge in [0, 0.05) is 11.6 Å². The van der Waals surface area contributed by atoms with Gasteiger partial charge in [-0.3, -0.25) is 9.78 Å². The van der Waals surface area contributed by atoms with Crippen molar-refractivity contribution < 1.29 is 14.3 Å². The molecule has 1 saturated carbocycles. The Labute approximate surface area is 166 Å². The minimum absolute atomic E-state index is 0.0107. The molecule has 6 heteroatoms. The molecule has 28 heavy (non-hydrogen) atoms. The highest BCUT2D eigenvalue weighted by Gasteiger charge is 2.24. The van der Waals surface area contributed by atoms with Crippen molar-refractivity contribution in [3.05, 3.63) is 47.8 Å². The Bertz CT molecular complexity index is 791. The smallest absolute Gasteiger partial charge is 0.251 e. The maximum Gasteiger partial charge on any atom is 0.251 e. The number of nitrogens with one attached hydrogen (secondary N) is 1. The Hall–Kier alpha value is -2.63.